The van der Waals surface area contributed by atoms with E-state index in [0.717, 1.165) is 64.9 Å². The van der Waals surface area contributed by atoms with E-state index in [1.807, 2.05) is 0 Å². The van der Waals surface area contributed by atoms with Crippen molar-refractivity contribution in [3.8, 4) is 0 Å². The highest BCUT2D eigenvalue weighted by Gasteiger charge is 2.13. The molecule has 2 N–H and O–H groups in total. The van der Waals surface area contributed by atoms with Crippen molar-refractivity contribution < 1.29 is 9.47 Å². The number of guanidine groups is 1. The van der Waals surface area contributed by atoms with Crippen molar-refractivity contribution in [1.29, 1.82) is 0 Å². The fourth-order valence-electron chi connectivity index (χ4n) is 2.20. The van der Waals surface area contributed by atoms with Gasteiger partial charge in [-0.25, -0.2) is 0 Å². The molecule has 0 bridgehead atoms. The molecule has 0 radical (unpaired) electrons. The fraction of sp³-hybridized carbons (Fsp3) is 0.929. The molecule has 0 aliphatic carbocycles. The maximum Gasteiger partial charge on any atom is 0.190 e. The molecule has 0 spiro atoms. The molecule has 1 heterocycles. The molecule has 1 aliphatic rings. The minimum Gasteiger partial charge on any atom is -0.385 e. The Morgan fingerprint density at radius 2 is 2.05 bits per heavy atom. The van der Waals surface area contributed by atoms with Gasteiger partial charge in [0.05, 0.1) is 13.2 Å². The first kappa shape index (κ1) is 20.9. The molecule has 7 heteroatoms. The Kier molecular flexibility index (Phi) is 13.5. The van der Waals surface area contributed by atoms with Crippen molar-refractivity contribution >= 4 is 29.9 Å². The standard InChI is InChI=1S/C14H30N4O2.HI/c1-13(12-18-6-9-20-10-7-18)11-17-14(15-2)16-5-4-8-19-3;/h13H,4-12H2,1-3H3,(H2,15,16,17);1H. The summed E-state index contributed by atoms with van der Waals surface area (Å²) in [6, 6.07) is 0. The SMILES string of the molecule is CN=C(NCCCOC)NCC(C)CN1CCOCC1.I. The maximum absolute atomic E-state index is 5.36. The van der Waals surface area contributed by atoms with Crippen LogP contribution < -0.4 is 10.6 Å². The van der Waals surface area contributed by atoms with Gasteiger partial charge in [0.25, 0.3) is 0 Å². The molecular weight excluding hydrogens is 383 g/mol. The number of halogens is 1. The smallest absolute Gasteiger partial charge is 0.190 e. The summed E-state index contributed by atoms with van der Waals surface area (Å²) in [7, 11) is 3.53. The van der Waals surface area contributed by atoms with Gasteiger partial charge in [-0.2, -0.15) is 0 Å². The topological polar surface area (TPSA) is 58.1 Å². The summed E-state index contributed by atoms with van der Waals surface area (Å²) in [6.45, 7) is 9.79. The van der Waals surface area contributed by atoms with Crippen LogP contribution in [0.5, 0.6) is 0 Å². The van der Waals surface area contributed by atoms with Gasteiger partial charge in [0, 0.05) is 53.5 Å². The van der Waals surface area contributed by atoms with Gasteiger partial charge in [-0.15, -0.1) is 24.0 Å². The monoisotopic (exact) mass is 414 g/mol. The summed E-state index contributed by atoms with van der Waals surface area (Å²) < 4.78 is 10.4. The van der Waals surface area contributed by atoms with E-state index >= 15 is 0 Å². The van der Waals surface area contributed by atoms with Crippen LogP contribution in [-0.4, -0.2) is 77.6 Å². The number of methoxy groups -OCH3 is 1. The Morgan fingerprint density at radius 3 is 2.67 bits per heavy atom. The second-order valence-electron chi connectivity index (χ2n) is 5.24. The summed E-state index contributed by atoms with van der Waals surface area (Å²) in [5, 5.41) is 6.66. The molecule has 126 valence electrons. The van der Waals surface area contributed by atoms with Crippen LogP contribution in [0, 0.1) is 5.92 Å². The van der Waals surface area contributed by atoms with Gasteiger partial charge < -0.3 is 20.1 Å². The van der Waals surface area contributed by atoms with Crippen molar-refractivity contribution in [1.82, 2.24) is 15.5 Å². The van der Waals surface area contributed by atoms with E-state index in [9.17, 15) is 0 Å². The van der Waals surface area contributed by atoms with E-state index in [2.05, 4.69) is 27.4 Å². The second kappa shape index (κ2) is 13.5. The van der Waals surface area contributed by atoms with Crippen molar-refractivity contribution in [3.05, 3.63) is 0 Å². The third-order valence-electron chi connectivity index (χ3n) is 3.33. The molecular formula is C14H31IN4O2. The molecule has 1 aliphatic heterocycles. The molecule has 0 aromatic carbocycles. The van der Waals surface area contributed by atoms with Crippen LogP contribution >= 0.6 is 24.0 Å². The van der Waals surface area contributed by atoms with Gasteiger partial charge in [0.15, 0.2) is 5.96 Å². The van der Waals surface area contributed by atoms with E-state index in [1.165, 1.54) is 0 Å². The van der Waals surface area contributed by atoms with Crippen LogP contribution in [0.4, 0.5) is 0 Å². The number of rotatable bonds is 8. The zero-order valence-electron chi connectivity index (χ0n) is 13.6. The summed E-state index contributed by atoms with van der Waals surface area (Å²) in [4.78, 5) is 6.69. The zero-order chi connectivity index (χ0) is 14.6. The van der Waals surface area contributed by atoms with Gasteiger partial charge in [-0.05, 0) is 12.3 Å². The lowest BCUT2D eigenvalue weighted by Gasteiger charge is -2.29. The molecule has 1 rings (SSSR count). The van der Waals surface area contributed by atoms with Crippen molar-refractivity contribution in [2.45, 2.75) is 13.3 Å². The van der Waals surface area contributed by atoms with Crippen molar-refractivity contribution in [3.63, 3.8) is 0 Å². The highest BCUT2D eigenvalue weighted by molar-refractivity contribution is 14.0. The highest BCUT2D eigenvalue weighted by atomic mass is 127. The van der Waals surface area contributed by atoms with Crippen LogP contribution in [0.15, 0.2) is 4.99 Å². The number of aliphatic imine (C=N–C) groups is 1. The molecule has 1 saturated heterocycles. The summed E-state index contributed by atoms with van der Waals surface area (Å²) in [5.74, 6) is 1.46. The maximum atomic E-state index is 5.36. The average Bonchev–Trinajstić information content (AvgIpc) is 2.47. The van der Waals surface area contributed by atoms with E-state index in [4.69, 9.17) is 9.47 Å². The Morgan fingerprint density at radius 1 is 1.33 bits per heavy atom. The molecule has 0 saturated carbocycles. The van der Waals surface area contributed by atoms with E-state index in [1.54, 1.807) is 14.2 Å². The van der Waals surface area contributed by atoms with Crippen LogP contribution in [0.1, 0.15) is 13.3 Å². The first-order chi connectivity index (χ1) is 9.76. The Bertz CT molecular complexity index is 274. The first-order valence-corrected chi connectivity index (χ1v) is 7.49. The molecule has 6 nitrogen and oxygen atoms in total. The normalized spacial score (nSPS) is 18.0. The number of hydrogen-bond donors (Lipinski definition) is 2. The van der Waals surface area contributed by atoms with Crippen molar-refractivity contribution in [2.75, 3.05) is 66.7 Å². The summed E-state index contributed by atoms with van der Waals surface area (Å²) in [6.07, 6.45) is 0.987. The minimum atomic E-state index is 0. The van der Waals surface area contributed by atoms with Gasteiger partial charge in [0.2, 0.25) is 0 Å². The Hall–Kier alpha value is -0.120. The molecule has 1 atom stereocenters. The molecule has 0 aromatic heterocycles. The lowest BCUT2D eigenvalue weighted by atomic mass is 10.1. The van der Waals surface area contributed by atoms with Crippen LogP contribution in [0.3, 0.4) is 0 Å². The predicted molar refractivity (Wildman–Crippen MR) is 97.7 cm³/mol. The lowest BCUT2D eigenvalue weighted by molar-refractivity contribution is 0.0320. The van der Waals surface area contributed by atoms with Crippen LogP contribution in [0.2, 0.25) is 0 Å². The molecule has 1 fully saturated rings. The number of morpholine rings is 1. The van der Waals surface area contributed by atoms with E-state index in [0.29, 0.717) is 5.92 Å². The number of nitrogens with one attached hydrogen (secondary N) is 2. The Balaban J connectivity index is 0.00000400. The summed E-state index contributed by atoms with van der Waals surface area (Å²) >= 11 is 0. The van der Waals surface area contributed by atoms with Gasteiger partial charge in [-0.1, -0.05) is 6.92 Å². The Labute approximate surface area is 146 Å². The predicted octanol–water partition coefficient (Wildman–Crippen LogP) is 0.774. The summed E-state index contributed by atoms with van der Waals surface area (Å²) in [5.41, 5.74) is 0. The zero-order valence-corrected chi connectivity index (χ0v) is 15.9. The van der Waals surface area contributed by atoms with E-state index < -0.39 is 0 Å². The highest BCUT2D eigenvalue weighted by Crippen LogP contribution is 2.02. The second-order valence-corrected chi connectivity index (χ2v) is 5.24. The lowest BCUT2D eigenvalue weighted by Crippen LogP contribution is -2.44. The average molecular weight is 414 g/mol. The fourth-order valence-corrected chi connectivity index (χ4v) is 2.20. The molecule has 0 aromatic rings. The van der Waals surface area contributed by atoms with Crippen LogP contribution in [0.25, 0.3) is 0 Å². The molecule has 21 heavy (non-hydrogen) atoms. The largest absolute Gasteiger partial charge is 0.385 e. The van der Waals surface area contributed by atoms with Gasteiger partial charge in [-0.3, -0.25) is 9.89 Å². The van der Waals surface area contributed by atoms with Crippen molar-refractivity contribution in [2.24, 2.45) is 10.9 Å². The molecule has 0 amide bonds. The number of hydrogen-bond acceptors (Lipinski definition) is 4. The molecule has 1 unspecified atom stereocenters. The van der Waals surface area contributed by atoms with E-state index in [-0.39, 0.29) is 24.0 Å². The third-order valence-corrected chi connectivity index (χ3v) is 3.33. The van der Waals surface area contributed by atoms with Gasteiger partial charge >= 0.3 is 0 Å². The number of nitrogens with zero attached hydrogens (tertiary/aromatic N) is 2. The minimum absolute atomic E-state index is 0. The number of ether oxygens (including phenoxy) is 2. The van der Waals surface area contributed by atoms with Crippen LogP contribution in [-0.2, 0) is 9.47 Å². The third kappa shape index (κ3) is 10.3. The first-order valence-electron chi connectivity index (χ1n) is 7.49. The van der Waals surface area contributed by atoms with Gasteiger partial charge in [0.1, 0.15) is 0 Å². The quantitative estimate of drug-likeness (QED) is 0.266.